The Bertz CT molecular complexity index is 1210. The highest BCUT2D eigenvalue weighted by molar-refractivity contribution is 7.82. The molecule has 0 radical (unpaired) electrons. The molecule has 0 amide bonds. The molecule has 0 fully saturated rings. The second-order valence-corrected chi connectivity index (χ2v) is 7.91. The Kier molecular flexibility index (Phi) is 5.05. The monoisotopic (exact) mass is 385 g/mol. The van der Waals surface area contributed by atoms with Crippen LogP contribution in [0.4, 0.5) is 0 Å². The van der Waals surface area contributed by atoms with Gasteiger partial charge in [0.2, 0.25) is 0 Å². The molecule has 2 aromatic heterocycles. The number of nitriles is 1. The third-order valence-corrected chi connectivity index (χ3v) is 6.04. The van der Waals surface area contributed by atoms with E-state index in [9.17, 15) is 9.47 Å². The molecule has 4 rings (SSSR count). The van der Waals surface area contributed by atoms with E-state index in [1.54, 1.807) is 3.97 Å². The summed E-state index contributed by atoms with van der Waals surface area (Å²) in [5.41, 5.74) is 5.34. The van der Waals surface area contributed by atoms with Gasteiger partial charge >= 0.3 is 0 Å². The Balaban J connectivity index is 1.86. The minimum Gasteiger partial charge on any atom is -0.249 e. The maximum absolute atomic E-state index is 13.1. The number of hydrogen-bond acceptors (Lipinski definition) is 3. The lowest BCUT2D eigenvalue weighted by Crippen LogP contribution is -2.06. The summed E-state index contributed by atoms with van der Waals surface area (Å²) in [6.07, 6.45) is 4.37. The Morgan fingerprint density at radius 3 is 2.61 bits per heavy atom. The number of fused-ring (bicyclic) bond motifs is 1. The Labute approximate surface area is 166 Å². The van der Waals surface area contributed by atoms with Gasteiger partial charge in [0.15, 0.2) is 5.65 Å². The third kappa shape index (κ3) is 3.47. The fraction of sp³-hybridized carbons (Fsp3) is 0.130. The number of aromatic nitrogens is 2. The molecule has 0 saturated heterocycles. The topological polar surface area (TPSA) is 58.7 Å². The summed E-state index contributed by atoms with van der Waals surface area (Å²) in [4.78, 5) is 4.45. The summed E-state index contributed by atoms with van der Waals surface area (Å²) in [6.45, 7) is 2.12. The summed E-state index contributed by atoms with van der Waals surface area (Å²) in [5.74, 6) is 0.404. The molecule has 2 heterocycles. The summed E-state index contributed by atoms with van der Waals surface area (Å²) in [6, 6.07) is 22.0. The van der Waals surface area contributed by atoms with Gasteiger partial charge < -0.3 is 0 Å². The number of benzene rings is 2. The Morgan fingerprint density at radius 1 is 1.07 bits per heavy atom. The van der Waals surface area contributed by atoms with Crippen LogP contribution in [0.2, 0.25) is 0 Å². The quantitative estimate of drug-likeness (QED) is 0.493. The molecule has 4 nitrogen and oxygen atoms in total. The zero-order valence-corrected chi connectivity index (χ0v) is 16.3. The fourth-order valence-electron chi connectivity index (χ4n) is 3.27. The lowest BCUT2D eigenvalue weighted by atomic mass is 10.0. The zero-order valence-electron chi connectivity index (χ0n) is 15.5. The number of pyridine rings is 1. The van der Waals surface area contributed by atoms with Gasteiger partial charge in [0.25, 0.3) is 0 Å². The molecule has 28 heavy (non-hydrogen) atoms. The number of nitrogens with zero attached hydrogens (tertiary/aromatic N) is 3. The van der Waals surface area contributed by atoms with Crippen LogP contribution in [0.1, 0.15) is 23.6 Å². The lowest BCUT2D eigenvalue weighted by molar-refractivity contribution is 0.678. The average molecular weight is 385 g/mol. The van der Waals surface area contributed by atoms with Crippen molar-refractivity contribution in [3.8, 4) is 17.2 Å². The standard InChI is InChI=1S/C23H19N3OS/c1-2-17-9-6-10-20(11-17)22-15-26(23-21(22)12-19(13-24)14-25-23)28(27)16-18-7-4-3-5-8-18/h3-12,14-15H,2,16H2,1H3. The molecule has 0 aliphatic heterocycles. The molecule has 138 valence electrons. The molecular weight excluding hydrogens is 366 g/mol. The molecule has 0 spiro atoms. The lowest BCUT2D eigenvalue weighted by Gasteiger charge is -2.04. The van der Waals surface area contributed by atoms with Gasteiger partial charge in [-0.15, -0.1) is 0 Å². The van der Waals surface area contributed by atoms with E-state index in [0.717, 1.165) is 28.5 Å². The highest BCUT2D eigenvalue weighted by Gasteiger charge is 2.16. The van der Waals surface area contributed by atoms with Gasteiger partial charge in [-0.25, -0.2) is 13.2 Å². The van der Waals surface area contributed by atoms with Gasteiger partial charge in [-0.3, -0.25) is 0 Å². The maximum atomic E-state index is 13.1. The minimum atomic E-state index is -1.31. The summed E-state index contributed by atoms with van der Waals surface area (Å²) < 4.78 is 14.8. The van der Waals surface area contributed by atoms with Gasteiger partial charge in [-0.2, -0.15) is 5.26 Å². The summed E-state index contributed by atoms with van der Waals surface area (Å²) in [5, 5.41) is 10.1. The van der Waals surface area contributed by atoms with E-state index in [2.05, 4.69) is 30.1 Å². The van der Waals surface area contributed by atoms with E-state index < -0.39 is 11.0 Å². The Hall–Kier alpha value is -3.23. The van der Waals surface area contributed by atoms with Gasteiger partial charge in [0.05, 0.1) is 11.3 Å². The molecule has 4 aromatic rings. The highest BCUT2D eigenvalue weighted by Crippen LogP contribution is 2.31. The summed E-state index contributed by atoms with van der Waals surface area (Å²) in [7, 11) is -1.31. The maximum Gasteiger partial charge on any atom is 0.152 e. The van der Waals surface area contributed by atoms with Crippen molar-refractivity contribution in [2.45, 2.75) is 19.1 Å². The van der Waals surface area contributed by atoms with Gasteiger partial charge in [0.1, 0.15) is 17.1 Å². The summed E-state index contributed by atoms with van der Waals surface area (Å²) >= 11 is 0. The molecule has 0 N–H and O–H groups in total. The fourth-order valence-corrected chi connectivity index (χ4v) is 4.45. The molecule has 2 aromatic carbocycles. The first-order valence-corrected chi connectivity index (χ1v) is 10.4. The number of rotatable bonds is 5. The average Bonchev–Trinajstić information content (AvgIpc) is 3.13. The van der Waals surface area contributed by atoms with Gasteiger partial charge in [-0.1, -0.05) is 61.5 Å². The predicted molar refractivity (Wildman–Crippen MR) is 113 cm³/mol. The normalized spacial score (nSPS) is 12.0. The Morgan fingerprint density at radius 2 is 1.86 bits per heavy atom. The highest BCUT2D eigenvalue weighted by atomic mass is 32.2. The van der Waals surface area contributed by atoms with E-state index in [1.807, 2.05) is 54.7 Å². The van der Waals surface area contributed by atoms with E-state index in [4.69, 9.17) is 0 Å². The molecule has 0 saturated carbocycles. The molecule has 1 atom stereocenters. The minimum absolute atomic E-state index is 0.404. The van der Waals surface area contributed by atoms with Crippen molar-refractivity contribution in [3.63, 3.8) is 0 Å². The smallest absolute Gasteiger partial charge is 0.152 e. The molecule has 1 unspecified atom stereocenters. The van der Waals surface area contributed by atoms with Crippen LogP contribution in [0.15, 0.2) is 73.1 Å². The molecule has 0 aliphatic carbocycles. The van der Waals surface area contributed by atoms with Crippen LogP contribution >= 0.6 is 0 Å². The van der Waals surface area contributed by atoms with E-state index >= 15 is 0 Å². The van der Waals surface area contributed by atoms with Crippen molar-refractivity contribution >= 4 is 22.0 Å². The van der Waals surface area contributed by atoms with E-state index in [0.29, 0.717) is 17.0 Å². The van der Waals surface area contributed by atoms with Crippen LogP contribution in [0, 0.1) is 11.3 Å². The predicted octanol–water partition coefficient (Wildman–Crippen LogP) is 4.85. The zero-order chi connectivity index (χ0) is 19.5. The van der Waals surface area contributed by atoms with Gasteiger partial charge in [0, 0.05) is 23.3 Å². The van der Waals surface area contributed by atoms with E-state index in [1.165, 1.54) is 11.8 Å². The molecule has 0 bridgehead atoms. The molecular formula is C23H19N3OS. The van der Waals surface area contributed by atoms with Gasteiger partial charge in [-0.05, 0) is 29.2 Å². The SMILES string of the molecule is CCc1cccc(-c2cn(S(=O)Cc3ccccc3)c3ncc(C#N)cc23)c1. The number of aryl methyl sites for hydroxylation is 1. The first-order valence-electron chi connectivity index (χ1n) is 9.13. The first kappa shape index (κ1) is 18.1. The van der Waals surface area contributed by atoms with Crippen molar-refractivity contribution in [2.75, 3.05) is 0 Å². The first-order chi connectivity index (χ1) is 13.7. The van der Waals surface area contributed by atoms with Crippen molar-refractivity contribution in [1.82, 2.24) is 8.96 Å². The number of hydrogen-bond donors (Lipinski definition) is 0. The van der Waals surface area contributed by atoms with Crippen LogP contribution in [-0.4, -0.2) is 13.2 Å². The second-order valence-electron chi connectivity index (χ2n) is 6.58. The largest absolute Gasteiger partial charge is 0.249 e. The van der Waals surface area contributed by atoms with Crippen molar-refractivity contribution < 1.29 is 4.21 Å². The van der Waals surface area contributed by atoms with Crippen LogP contribution in [-0.2, 0) is 23.2 Å². The van der Waals surface area contributed by atoms with Crippen LogP contribution in [0.5, 0.6) is 0 Å². The van der Waals surface area contributed by atoms with Crippen LogP contribution < -0.4 is 0 Å². The van der Waals surface area contributed by atoms with E-state index in [-0.39, 0.29) is 0 Å². The van der Waals surface area contributed by atoms with Crippen LogP contribution in [0.3, 0.4) is 0 Å². The van der Waals surface area contributed by atoms with Crippen molar-refractivity contribution in [1.29, 1.82) is 5.26 Å². The third-order valence-electron chi connectivity index (χ3n) is 4.74. The van der Waals surface area contributed by atoms with Crippen molar-refractivity contribution in [2.24, 2.45) is 0 Å². The van der Waals surface area contributed by atoms with Crippen LogP contribution in [0.25, 0.3) is 22.2 Å². The molecule has 0 aliphatic rings. The second kappa shape index (κ2) is 7.79. The molecule has 5 heteroatoms. The van der Waals surface area contributed by atoms with Crippen molar-refractivity contribution in [3.05, 3.63) is 89.7 Å².